The van der Waals surface area contributed by atoms with Gasteiger partial charge in [-0.2, -0.15) is 10.2 Å². The molecule has 4 aromatic rings. The summed E-state index contributed by atoms with van der Waals surface area (Å²) in [7, 11) is 3.15. The summed E-state index contributed by atoms with van der Waals surface area (Å²) >= 11 is 1.22. The van der Waals surface area contributed by atoms with E-state index >= 15 is 0 Å². The standard InChI is InChI=1S/C23H23FN6O4S.C3H6O3/c1-13-18-20(32)29(16-7-10-27(2)19(16)31)23(33)28(22(18)35-21(13)30-25-8-9-26-30)11-6-14-12-15(24)4-5-17(14)34-3;4-2-1-3(5)6/h4-5,8-9,12,16H,6-7,10-11H2,1-3H3;4H,1-2H2,(H,5,6)/t16-;/m0./s1. The van der Waals surface area contributed by atoms with E-state index in [0.29, 0.717) is 45.1 Å². The third kappa shape index (κ3) is 5.90. The molecular weight excluding hydrogens is 559 g/mol. The Hall–Kier alpha value is -4.37. The second kappa shape index (κ2) is 12.4. The zero-order chi connectivity index (χ0) is 29.8. The number of likely N-dealkylation sites (tertiary alicyclic amines) is 1. The summed E-state index contributed by atoms with van der Waals surface area (Å²) in [6.07, 6.45) is 3.54. The number of likely N-dealkylation sites (N-methyl/N-ethyl adjacent to an activating group) is 1. The molecule has 0 saturated carbocycles. The van der Waals surface area contributed by atoms with E-state index in [1.54, 1.807) is 14.0 Å². The summed E-state index contributed by atoms with van der Waals surface area (Å²) in [4.78, 5) is 52.9. The molecule has 1 aliphatic rings. The number of carboxylic acids is 1. The molecule has 1 fully saturated rings. The molecule has 15 heteroatoms. The van der Waals surface area contributed by atoms with Gasteiger partial charge in [0.1, 0.15) is 27.4 Å². The predicted octanol–water partition coefficient (Wildman–Crippen LogP) is 1.36. The van der Waals surface area contributed by atoms with E-state index in [1.165, 1.54) is 63.3 Å². The molecule has 0 spiro atoms. The number of fused-ring (bicyclic) bond motifs is 1. The molecule has 2 N–H and O–H groups in total. The summed E-state index contributed by atoms with van der Waals surface area (Å²) in [6.45, 7) is 2.11. The zero-order valence-corrected chi connectivity index (χ0v) is 23.4. The number of hydrogen-bond acceptors (Lipinski definition) is 9. The fourth-order valence-corrected chi connectivity index (χ4v) is 5.89. The first kappa shape index (κ1) is 29.6. The molecule has 1 aromatic carbocycles. The van der Waals surface area contributed by atoms with Gasteiger partial charge < -0.3 is 19.8 Å². The maximum absolute atomic E-state index is 13.9. The molecule has 0 aliphatic carbocycles. The lowest BCUT2D eigenvalue weighted by Crippen LogP contribution is -2.44. The maximum atomic E-state index is 13.9. The number of carbonyl (C=O) groups is 2. The van der Waals surface area contributed by atoms with Gasteiger partial charge in [0.05, 0.1) is 37.9 Å². The lowest BCUT2D eigenvalue weighted by Gasteiger charge is -2.17. The van der Waals surface area contributed by atoms with Crippen LogP contribution in [0.5, 0.6) is 5.75 Å². The number of aromatic nitrogens is 5. The number of aliphatic carboxylic acids is 1. The number of carboxylic acid groups (broad SMARTS) is 1. The molecule has 13 nitrogen and oxygen atoms in total. The minimum Gasteiger partial charge on any atom is -0.496 e. The number of carbonyl (C=O) groups excluding carboxylic acids is 1. The van der Waals surface area contributed by atoms with Crippen LogP contribution in [-0.4, -0.2) is 78.4 Å². The molecule has 4 heterocycles. The number of rotatable bonds is 8. The number of amides is 1. The second-order valence-electron chi connectivity index (χ2n) is 9.28. The summed E-state index contributed by atoms with van der Waals surface area (Å²) in [5, 5.41) is 24.9. The lowest BCUT2D eigenvalue weighted by atomic mass is 10.1. The van der Waals surface area contributed by atoms with E-state index in [9.17, 15) is 23.6 Å². The number of methoxy groups -OCH3 is 1. The molecule has 1 atom stereocenters. The van der Waals surface area contributed by atoms with Crippen molar-refractivity contribution >= 4 is 33.4 Å². The van der Waals surface area contributed by atoms with Crippen LogP contribution in [0.1, 0.15) is 30.0 Å². The number of benzene rings is 1. The average Bonchev–Trinajstić information content (AvgIpc) is 3.65. The highest BCUT2D eigenvalue weighted by Gasteiger charge is 2.34. The maximum Gasteiger partial charge on any atom is 0.332 e. The van der Waals surface area contributed by atoms with Crippen LogP contribution in [0.4, 0.5) is 4.39 Å². The average molecular weight is 589 g/mol. The molecule has 0 unspecified atom stereocenters. The fraction of sp³-hybridized carbons (Fsp3) is 0.385. The zero-order valence-electron chi connectivity index (χ0n) is 22.6. The molecule has 3 aromatic heterocycles. The van der Waals surface area contributed by atoms with Crippen LogP contribution < -0.4 is 16.0 Å². The van der Waals surface area contributed by atoms with Crippen molar-refractivity contribution in [2.24, 2.45) is 0 Å². The van der Waals surface area contributed by atoms with Crippen molar-refractivity contribution in [1.29, 1.82) is 0 Å². The van der Waals surface area contributed by atoms with Gasteiger partial charge in [0.25, 0.3) is 5.56 Å². The van der Waals surface area contributed by atoms with Gasteiger partial charge in [-0.05, 0) is 43.5 Å². The van der Waals surface area contributed by atoms with E-state index in [4.69, 9.17) is 14.9 Å². The van der Waals surface area contributed by atoms with Gasteiger partial charge in [-0.15, -0.1) is 4.80 Å². The summed E-state index contributed by atoms with van der Waals surface area (Å²) < 4.78 is 21.8. The number of aryl methyl sites for hydroxylation is 3. The summed E-state index contributed by atoms with van der Waals surface area (Å²) in [5.74, 6) is -1.15. The Balaban J connectivity index is 0.000000585. The van der Waals surface area contributed by atoms with Crippen LogP contribution in [0.2, 0.25) is 0 Å². The van der Waals surface area contributed by atoms with E-state index in [2.05, 4.69) is 10.2 Å². The normalized spacial score (nSPS) is 14.8. The number of aliphatic hydroxyl groups is 1. The van der Waals surface area contributed by atoms with Gasteiger partial charge >= 0.3 is 11.7 Å². The van der Waals surface area contributed by atoms with Crippen LogP contribution in [-0.2, 0) is 22.6 Å². The van der Waals surface area contributed by atoms with Crippen LogP contribution >= 0.6 is 11.3 Å². The number of aliphatic hydroxyl groups excluding tert-OH is 1. The number of nitrogens with zero attached hydrogens (tertiary/aromatic N) is 6. The van der Waals surface area contributed by atoms with E-state index in [-0.39, 0.29) is 31.9 Å². The number of thiophene rings is 1. The Morgan fingerprint density at radius 3 is 2.49 bits per heavy atom. The van der Waals surface area contributed by atoms with Crippen molar-refractivity contribution in [3.8, 4) is 10.8 Å². The van der Waals surface area contributed by atoms with Gasteiger partial charge in [0.15, 0.2) is 0 Å². The molecular formula is C26H29FN6O7S. The Kier molecular flexibility index (Phi) is 8.98. The highest BCUT2D eigenvalue weighted by Crippen LogP contribution is 2.31. The Morgan fingerprint density at radius 2 is 1.93 bits per heavy atom. The van der Waals surface area contributed by atoms with Crippen LogP contribution in [0, 0.1) is 12.7 Å². The smallest absolute Gasteiger partial charge is 0.332 e. The Bertz CT molecular complexity index is 1700. The molecule has 1 saturated heterocycles. The molecule has 5 rings (SSSR count). The van der Waals surface area contributed by atoms with Crippen LogP contribution in [0.15, 0.2) is 40.2 Å². The Labute approximate surface area is 236 Å². The third-order valence-corrected chi connectivity index (χ3v) is 7.98. The number of halogens is 1. The Morgan fingerprint density at radius 1 is 1.22 bits per heavy atom. The first-order valence-corrected chi connectivity index (χ1v) is 13.5. The third-order valence-electron chi connectivity index (χ3n) is 6.70. The summed E-state index contributed by atoms with van der Waals surface area (Å²) in [6, 6.07) is 3.34. The highest BCUT2D eigenvalue weighted by molar-refractivity contribution is 7.21. The van der Waals surface area contributed by atoms with Crippen LogP contribution in [0.25, 0.3) is 15.2 Å². The predicted molar refractivity (Wildman–Crippen MR) is 147 cm³/mol. The van der Waals surface area contributed by atoms with Crippen molar-refractivity contribution in [3.63, 3.8) is 0 Å². The van der Waals surface area contributed by atoms with Crippen molar-refractivity contribution in [2.75, 3.05) is 27.3 Å². The highest BCUT2D eigenvalue weighted by atomic mass is 32.1. The van der Waals surface area contributed by atoms with E-state index in [1.807, 2.05) is 0 Å². The molecule has 41 heavy (non-hydrogen) atoms. The van der Waals surface area contributed by atoms with Crippen LogP contribution in [0.3, 0.4) is 0 Å². The quantitative estimate of drug-likeness (QED) is 0.310. The van der Waals surface area contributed by atoms with Gasteiger partial charge in [0.2, 0.25) is 5.91 Å². The van der Waals surface area contributed by atoms with Crippen molar-refractivity contribution in [1.82, 2.24) is 29.0 Å². The number of hydrogen-bond donors (Lipinski definition) is 2. The van der Waals surface area contributed by atoms with Gasteiger partial charge in [-0.3, -0.25) is 19.0 Å². The summed E-state index contributed by atoms with van der Waals surface area (Å²) in [5.41, 5.74) is 0.123. The van der Waals surface area contributed by atoms with Gasteiger partial charge in [0, 0.05) is 25.7 Å². The van der Waals surface area contributed by atoms with Crippen molar-refractivity contribution < 1.29 is 28.9 Å². The minimum absolute atomic E-state index is 0.151. The molecule has 0 bridgehead atoms. The van der Waals surface area contributed by atoms with Gasteiger partial charge in [-0.1, -0.05) is 11.3 Å². The SMILES string of the molecule is COc1ccc(F)cc1CCn1c(=O)n([C@H]2CCN(C)C2=O)c(=O)c2c(C)c(-n3nccn3)sc21.O=C(O)CCO. The van der Waals surface area contributed by atoms with Crippen molar-refractivity contribution in [3.05, 3.63) is 68.4 Å². The fourth-order valence-electron chi connectivity index (χ4n) is 4.65. The monoisotopic (exact) mass is 588 g/mol. The first-order valence-electron chi connectivity index (χ1n) is 12.6. The van der Waals surface area contributed by atoms with Gasteiger partial charge in [-0.25, -0.2) is 13.8 Å². The molecule has 218 valence electrons. The molecule has 1 amide bonds. The largest absolute Gasteiger partial charge is 0.496 e. The topological polar surface area (TPSA) is 162 Å². The van der Waals surface area contributed by atoms with E-state index < -0.39 is 29.1 Å². The van der Waals surface area contributed by atoms with E-state index in [0.717, 1.165) is 4.57 Å². The molecule has 0 radical (unpaired) electrons. The second-order valence-corrected chi connectivity index (χ2v) is 10.3. The van der Waals surface area contributed by atoms with Crippen molar-refractivity contribution in [2.45, 2.75) is 38.8 Å². The number of ether oxygens (including phenoxy) is 1. The minimum atomic E-state index is -0.961. The first-order chi connectivity index (χ1) is 19.6. The lowest BCUT2D eigenvalue weighted by molar-refractivity contribution is -0.137. The molecule has 1 aliphatic heterocycles.